The zero-order valence-electron chi connectivity index (χ0n) is 10.6. The first-order chi connectivity index (χ1) is 9.34. The van der Waals surface area contributed by atoms with Crippen LogP contribution in [0.5, 0.6) is 0 Å². The fourth-order valence-corrected chi connectivity index (χ4v) is 2.09. The Labute approximate surface area is 113 Å². The topological polar surface area (TPSA) is 41.1 Å². The number of carbonyl (C=O) groups is 1. The molecule has 2 N–H and O–H groups in total. The third-order valence-electron chi connectivity index (χ3n) is 3.15. The van der Waals surface area contributed by atoms with E-state index < -0.39 is 17.6 Å². The largest absolute Gasteiger partial charge is 0.416 e. The summed E-state index contributed by atoms with van der Waals surface area (Å²) in [6.07, 6.45) is -3.56. The van der Waals surface area contributed by atoms with Crippen molar-refractivity contribution in [3.05, 3.63) is 35.1 Å². The van der Waals surface area contributed by atoms with Crippen molar-refractivity contribution >= 4 is 5.91 Å². The molecule has 1 aromatic rings. The molecule has 1 fully saturated rings. The first-order valence-electron chi connectivity index (χ1n) is 6.21. The Balaban J connectivity index is 1.99. The average Bonchev–Trinajstić information content (AvgIpc) is 2.36. The van der Waals surface area contributed by atoms with Crippen LogP contribution in [-0.4, -0.2) is 18.5 Å². The van der Waals surface area contributed by atoms with E-state index >= 15 is 0 Å². The summed E-state index contributed by atoms with van der Waals surface area (Å²) in [5, 5.41) is 5.68. The van der Waals surface area contributed by atoms with E-state index in [1.807, 2.05) is 0 Å². The Morgan fingerprint density at radius 1 is 1.30 bits per heavy atom. The minimum Gasteiger partial charge on any atom is -0.355 e. The minimum absolute atomic E-state index is 0.00898. The second-order valence-electron chi connectivity index (χ2n) is 4.77. The fraction of sp³-hybridized carbons (Fsp3) is 0.462. The summed E-state index contributed by atoms with van der Waals surface area (Å²) in [6.45, 7) is 0.557. The Kier molecular flexibility index (Phi) is 4.27. The van der Waals surface area contributed by atoms with Crippen LogP contribution in [-0.2, 0) is 17.5 Å². The number of piperidine rings is 1. The predicted molar refractivity (Wildman–Crippen MR) is 64.3 cm³/mol. The molecule has 1 saturated heterocycles. The summed E-state index contributed by atoms with van der Waals surface area (Å²) < 4.78 is 50.8. The molecular formula is C13H14F4N2O. The molecule has 7 heteroatoms. The van der Waals surface area contributed by atoms with E-state index in [1.54, 1.807) is 0 Å². The van der Waals surface area contributed by atoms with Crippen molar-refractivity contribution in [1.29, 1.82) is 0 Å². The summed E-state index contributed by atoms with van der Waals surface area (Å²) in [5.41, 5.74) is -0.763. The third-order valence-corrected chi connectivity index (χ3v) is 3.15. The minimum atomic E-state index is -4.56. The van der Waals surface area contributed by atoms with Crippen LogP contribution in [0.2, 0.25) is 0 Å². The number of hydrogen-bond acceptors (Lipinski definition) is 2. The van der Waals surface area contributed by atoms with Gasteiger partial charge in [0, 0.05) is 25.6 Å². The number of nitrogens with one attached hydrogen (secondary N) is 2. The van der Waals surface area contributed by atoms with Gasteiger partial charge < -0.3 is 10.6 Å². The molecule has 1 atom stereocenters. The normalized spacial score (nSPS) is 19.8. The zero-order valence-corrected chi connectivity index (χ0v) is 10.6. The van der Waals surface area contributed by atoms with Crippen molar-refractivity contribution in [3.63, 3.8) is 0 Å². The maximum Gasteiger partial charge on any atom is 0.416 e. The van der Waals surface area contributed by atoms with Crippen LogP contribution in [0.1, 0.15) is 24.0 Å². The van der Waals surface area contributed by atoms with Crippen molar-refractivity contribution < 1.29 is 22.4 Å². The maximum atomic E-state index is 13.2. The van der Waals surface area contributed by atoms with E-state index in [2.05, 4.69) is 10.6 Å². The monoisotopic (exact) mass is 290 g/mol. The number of carbonyl (C=O) groups excluding carboxylic acids is 1. The maximum absolute atomic E-state index is 13.2. The van der Waals surface area contributed by atoms with Crippen LogP contribution >= 0.6 is 0 Å². The first-order valence-corrected chi connectivity index (χ1v) is 6.21. The molecule has 0 saturated carbocycles. The SMILES string of the molecule is O=C1CCC(NCc2cc(F)cc(C(F)(F)F)c2)CN1. The third kappa shape index (κ3) is 3.93. The first kappa shape index (κ1) is 14.8. The Hall–Kier alpha value is -1.63. The lowest BCUT2D eigenvalue weighted by atomic mass is 10.1. The standard InChI is InChI=1S/C13H14F4N2O/c14-10-4-8(3-9(5-10)13(15,16)17)6-18-11-1-2-12(20)19-7-11/h3-5,11,18H,1-2,6-7H2,(H,19,20). The molecule has 0 aliphatic carbocycles. The van der Waals surface area contributed by atoms with Crippen LogP contribution < -0.4 is 10.6 Å². The van der Waals surface area contributed by atoms with Crippen LogP contribution in [0.4, 0.5) is 17.6 Å². The molecule has 110 valence electrons. The molecule has 20 heavy (non-hydrogen) atoms. The molecule has 2 rings (SSSR count). The molecule has 0 aromatic heterocycles. The lowest BCUT2D eigenvalue weighted by Crippen LogP contribution is -2.45. The van der Waals surface area contributed by atoms with Gasteiger partial charge in [-0.1, -0.05) is 0 Å². The van der Waals surface area contributed by atoms with Gasteiger partial charge in [0.1, 0.15) is 5.82 Å². The molecule has 1 aliphatic heterocycles. The summed E-state index contributed by atoms with van der Waals surface area (Å²) in [5.74, 6) is -0.943. The Bertz CT molecular complexity index is 492. The summed E-state index contributed by atoms with van der Waals surface area (Å²) >= 11 is 0. The lowest BCUT2D eigenvalue weighted by Gasteiger charge is -2.23. The average molecular weight is 290 g/mol. The van der Waals surface area contributed by atoms with E-state index in [9.17, 15) is 22.4 Å². The van der Waals surface area contributed by atoms with Crippen molar-refractivity contribution in [1.82, 2.24) is 10.6 Å². The van der Waals surface area contributed by atoms with Crippen molar-refractivity contribution in [3.8, 4) is 0 Å². The number of benzene rings is 1. The Morgan fingerprint density at radius 3 is 2.65 bits per heavy atom. The molecule has 0 spiro atoms. The molecule has 1 aliphatic rings. The smallest absolute Gasteiger partial charge is 0.355 e. The van der Waals surface area contributed by atoms with Crippen LogP contribution in [0.25, 0.3) is 0 Å². The van der Waals surface area contributed by atoms with Gasteiger partial charge in [0.25, 0.3) is 0 Å². The number of halogens is 4. The van der Waals surface area contributed by atoms with Crippen LogP contribution in [0.15, 0.2) is 18.2 Å². The van der Waals surface area contributed by atoms with Gasteiger partial charge in [-0.25, -0.2) is 4.39 Å². The van der Waals surface area contributed by atoms with Gasteiger partial charge in [0.2, 0.25) is 5.91 Å². The van der Waals surface area contributed by atoms with Gasteiger partial charge in [-0.2, -0.15) is 13.2 Å². The summed E-state index contributed by atoms with van der Waals surface area (Å²) in [7, 11) is 0. The van der Waals surface area contributed by atoms with E-state index in [0.717, 1.165) is 12.1 Å². The van der Waals surface area contributed by atoms with E-state index in [0.29, 0.717) is 25.5 Å². The van der Waals surface area contributed by atoms with E-state index in [-0.39, 0.29) is 24.1 Å². The highest BCUT2D eigenvalue weighted by molar-refractivity contribution is 5.76. The molecule has 0 bridgehead atoms. The van der Waals surface area contributed by atoms with E-state index in [1.165, 1.54) is 0 Å². The number of amides is 1. The molecule has 1 unspecified atom stereocenters. The van der Waals surface area contributed by atoms with Crippen molar-refractivity contribution in [2.75, 3.05) is 6.54 Å². The molecule has 1 amide bonds. The van der Waals surface area contributed by atoms with Gasteiger partial charge >= 0.3 is 6.18 Å². The summed E-state index contributed by atoms with van der Waals surface area (Å²) in [4.78, 5) is 11.0. The fourth-order valence-electron chi connectivity index (χ4n) is 2.09. The van der Waals surface area contributed by atoms with E-state index in [4.69, 9.17) is 0 Å². The number of hydrogen-bond donors (Lipinski definition) is 2. The van der Waals surface area contributed by atoms with Crippen molar-refractivity contribution in [2.45, 2.75) is 31.6 Å². The molecule has 1 heterocycles. The number of alkyl halides is 3. The lowest BCUT2D eigenvalue weighted by molar-refractivity contribution is -0.137. The molecule has 1 aromatic carbocycles. The second-order valence-corrected chi connectivity index (χ2v) is 4.77. The van der Waals surface area contributed by atoms with Crippen molar-refractivity contribution in [2.24, 2.45) is 0 Å². The van der Waals surface area contributed by atoms with Crippen LogP contribution in [0.3, 0.4) is 0 Å². The quantitative estimate of drug-likeness (QED) is 0.838. The molecule has 3 nitrogen and oxygen atoms in total. The molecular weight excluding hydrogens is 276 g/mol. The molecule has 0 radical (unpaired) electrons. The van der Waals surface area contributed by atoms with Crippen LogP contribution in [0, 0.1) is 5.82 Å². The van der Waals surface area contributed by atoms with Gasteiger partial charge in [-0.05, 0) is 30.2 Å². The van der Waals surface area contributed by atoms with Gasteiger partial charge in [0.05, 0.1) is 5.56 Å². The highest BCUT2D eigenvalue weighted by Gasteiger charge is 2.31. The zero-order chi connectivity index (χ0) is 14.8. The van der Waals surface area contributed by atoms with Gasteiger partial charge in [0.15, 0.2) is 0 Å². The highest BCUT2D eigenvalue weighted by atomic mass is 19.4. The van der Waals surface area contributed by atoms with Gasteiger partial charge in [-0.3, -0.25) is 4.79 Å². The Morgan fingerprint density at radius 2 is 2.05 bits per heavy atom. The summed E-state index contributed by atoms with van der Waals surface area (Å²) in [6, 6.07) is 2.47. The predicted octanol–water partition coefficient (Wildman–Crippen LogP) is 2.21. The van der Waals surface area contributed by atoms with Gasteiger partial charge in [-0.15, -0.1) is 0 Å². The number of rotatable bonds is 3. The highest BCUT2D eigenvalue weighted by Crippen LogP contribution is 2.30. The second kappa shape index (κ2) is 5.78.